The van der Waals surface area contributed by atoms with E-state index in [4.69, 9.17) is 23.2 Å². The molecule has 0 bridgehead atoms. The van der Waals surface area contributed by atoms with Gasteiger partial charge >= 0.3 is 0 Å². The van der Waals surface area contributed by atoms with E-state index in [0.717, 1.165) is 0 Å². The Morgan fingerprint density at radius 1 is 1.03 bits per heavy atom. The molecule has 1 aliphatic rings. The SMILES string of the molecule is CN(C)c1ccc([N+](=O)[O-])cc1C(=O)N1CCN(S(=O)(=O)c2ccc(Cl)c(Cl)c2)CC1. The number of carbonyl (C=O) groups excluding carboxylic acids is 1. The van der Waals surface area contributed by atoms with Crippen molar-refractivity contribution in [2.75, 3.05) is 45.2 Å². The highest BCUT2D eigenvalue weighted by atomic mass is 35.5. The van der Waals surface area contributed by atoms with Gasteiger partial charge in [-0.25, -0.2) is 8.42 Å². The number of rotatable bonds is 5. The van der Waals surface area contributed by atoms with Crippen molar-refractivity contribution >= 4 is 50.5 Å². The molecule has 31 heavy (non-hydrogen) atoms. The molecule has 0 N–H and O–H groups in total. The second kappa shape index (κ2) is 8.99. The Hall–Kier alpha value is -2.40. The zero-order valence-corrected chi connectivity index (χ0v) is 19.1. The van der Waals surface area contributed by atoms with E-state index in [9.17, 15) is 23.3 Å². The third-order valence-electron chi connectivity index (χ3n) is 4.96. The van der Waals surface area contributed by atoms with Gasteiger partial charge in [-0.15, -0.1) is 0 Å². The summed E-state index contributed by atoms with van der Waals surface area (Å²) in [5, 5.41) is 11.5. The van der Waals surface area contributed by atoms with Crippen molar-refractivity contribution in [1.82, 2.24) is 9.21 Å². The summed E-state index contributed by atoms with van der Waals surface area (Å²) in [6.07, 6.45) is 0. The zero-order valence-electron chi connectivity index (χ0n) is 16.8. The Morgan fingerprint density at radius 3 is 2.23 bits per heavy atom. The first-order valence-electron chi connectivity index (χ1n) is 9.22. The number of hydrogen-bond donors (Lipinski definition) is 0. The average molecular weight is 487 g/mol. The molecular formula is C19H20Cl2N4O5S. The van der Waals surface area contributed by atoms with Crippen LogP contribution in [-0.4, -0.2) is 68.7 Å². The van der Waals surface area contributed by atoms with Crippen LogP contribution in [0.3, 0.4) is 0 Å². The second-order valence-corrected chi connectivity index (χ2v) is 9.88. The number of anilines is 1. The fraction of sp³-hybridized carbons (Fsp3) is 0.316. The van der Waals surface area contributed by atoms with E-state index in [1.54, 1.807) is 19.0 Å². The third-order valence-corrected chi connectivity index (χ3v) is 7.59. The molecule has 0 unspecified atom stereocenters. The minimum absolute atomic E-state index is 0.0234. The van der Waals surface area contributed by atoms with Gasteiger partial charge in [0, 0.05) is 58.1 Å². The molecule has 3 rings (SSSR count). The quantitative estimate of drug-likeness (QED) is 0.474. The molecule has 1 amide bonds. The molecule has 2 aromatic rings. The molecule has 1 fully saturated rings. The monoisotopic (exact) mass is 486 g/mol. The van der Waals surface area contributed by atoms with Crippen molar-refractivity contribution < 1.29 is 18.1 Å². The molecule has 0 atom stereocenters. The number of carbonyl (C=O) groups is 1. The van der Waals surface area contributed by atoms with Gasteiger partial charge in [0.15, 0.2) is 0 Å². The predicted molar refractivity (Wildman–Crippen MR) is 119 cm³/mol. The highest BCUT2D eigenvalue weighted by Gasteiger charge is 2.32. The zero-order chi connectivity index (χ0) is 22.9. The van der Waals surface area contributed by atoms with E-state index >= 15 is 0 Å². The molecule has 1 saturated heterocycles. The van der Waals surface area contributed by atoms with E-state index in [2.05, 4.69) is 0 Å². The molecule has 166 valence electrons. The first-order valence-corrected chi connectivity index (χ1v) is 11.4. The lowest BCUT2D eigenvalue weighted by molar-refractivity contribution is -0.384. The molecule has 0 aromatic heterocycles. The summed E-state index contributed by atoms with van der Waals surface area (Å²) in [6.45, 7) is 0.463. The maximum absolute atomic E-state index is 13.1. The number of hydrogen-bond acceptors (Lipinski definition) is 6. The summed E-state index contributed by atoms with van der Waals surface area (Å²) in [7, 11) is -0.328. The predicted octanol–water partition coefficient (Wildman–Crippen LogP) is 3.11. The average Bonchev–Trinajstić information content (AvgIpc) is 2.74. The highest BCUT2D eigenvalue weighted by molar-refractivity contribution is 7.89. The summed E-state index contributed by atoms with van der Waals surface area (Å²) in [6, 6.07) is 8.21. The summed E-state index contributed by atoms with van der Waals surface area (Å²) in [5.41, 5.74) is 0.552. The Morgan fingerprint density at radius 2 is 1.68 bits per heavy atom. The Kier molecular flexibility index (Phi) is 6.75. The number of amides is 1. The topological polar surface area (TPSA) is 104 Å². The molecule has 0 spiro atoms. The number of nitrogens with zero attached hydrogens (tertiary/aromatic N) is 4. The molecular weight excluding hydrogens is 467 g/mol. The fourth-order valence-corrected chi connectivity index (χ4v) is 5.10. The van der Waals surface area contributed by atoms with E-state index in [-0.39, 0.29) is 58.3 Å². The van der Waals surface area contributed by atoms with Crippen LogP contribution in [0, 0.1) is 10.1 Å². The van der Waals surface area contributed by atoms with E-state index < -0.39 is 14.9 Å². The Labute approximate surface area is 189 Å². The van der Waals surface area contributed by atoms with Crippen LogP contribution in [0.2, 0.25) is 10.0 Å². The van der Waals surface area contributed by atoms with Crippen LogP contribution in [0.15, 0.2) is 41.3 Å². The molecule has 1 aliphatic heterocycles. The Bertz CT molecular complexity index is 1130. The first-order chi connectivity index (χ1) is 14.5. The van der Waals surface area contributed by atoms with E-state index in [1.807, 2.05) is 0 Å². The van der Waals surface area contributed by atoms with Crippen molar-refractivity contribution in [3.05, 3.63) is 62.1 Å². The van der Waals surface area contributed by atoms with Crippen LogP contribution in [0.5, 0.6) is 0 Å². The highest BCUT2D eigenvalue weighted by Crippen LogP contribution is 2.28. The molecule has 0 aliphatic carbocycles. The molecule has 0 saturated carbocycles. The number of non-ortho nitro benzene ring substituents is 1. The smallest absolute Gasteiger partial charge is 0.270 e. The van der Waals surface area contributed by atoms with Gasteiger partial charge < -0.3 is 9.80 Å². The van der Waals surface area contributed by atoms with Crippen molar-refractivity contribution in [2.24, 2.45) is 0 Å². The summed E-state index contributed by atoms with van der Waals surface area (Å²) < 4.78 is 27.1. The lowest BCUT2D eigenvalue weighted by atomic mass is 10.1. The van der Waals surface area contributed by atoms with Gasteiger partial charge in [-0.1, -0.05) is 23.2 Å². The molecule has 12 heteroatoms. The third kappa shape index (κ3) is 4.77. The van der Waals surface area contributed by atoms with Crippen LogP contribution in [0.4, 0.5) is 11.4 Å². The van der Waals surface area contributed by atoms with Crippen LogP contribution in [0.25, 0.3) is 0 Å². The van der Waals surface area contributed by atoms with Crippen molar-refractivity contribution in [2.45, 2.75) is 4.90 Å². The normalized spacial score (nSPS) is 15.0. The van der Waals surface area contributed by atoms with Gasteiger partial charge in [0.05, 0.1) is 25.4 Å². The molecule has 1 heterocycles. The van der Waals surface area contributed by atoms with Gasteiger partial charge in [0.2, 0.25) is 10.0 Å². The molecule has 9 nitrogen and oxygen atoms in total. The van der Waals surface area contributed by atoms with Crippen LogP contribution in [0.1, 0.15) is 10.4 Å². The minimum Gasteiger partial charge on any atom is -0.377 e. The molecule has 2 aromatic carbocycles. The number of nitro benzene ring substituents is 1. The summed E-state index contributed by atoms with van der Waals surface area (Å²) >= 11 is 11.8. The van der Waals surface area contributed by atoms with Gasteiger partial charge in [-0.3, -0.25) is 14.9 Å². The van der Waals surface area contributed by atoms with Crippen molar-refractivity contribution in [3.63, 3.8) is 0 Å². The number of benzene rings is 2. The van der Waals surface area contributed by atoms with Gasteiger partial charge in [-0.2, -0.15) is 4.31 Å². The largest absolute Gasteiger partial charge is 0.377 e. The van der Waals surface area contributed by atoms with Gasteiger partial charge in [-0.05, 0) is 24.3 Å². The van der Waals surface area contributed by atoms with Crippen molar-refractivity contribution in [3.8, 4) is 0 Å². The number of halogens is 2. The Balaban J connectivity index is 1.79. The second-order valence-electron chi connectivity index (χ2n) is 7.13. The maximum Gasteiger partial charge on any atom is 0.270 e. The fourth-order valence-electron chi connectivity index (χ4n) is 3.29. The number of nitro groups is 1. The van der Waals surface area contributed by atoms with Crippen LogP contribution < -0.4 is 4.90 Å². The minimum atomic E-state index is -3.80. The van der Waals surface area contributed by atoms with Crippen LogP contribution >= 0.6 is 23.2 Å². The number of sulfonamides is 1. The lowest BCUT2D eigenvalue weighted by Gasteiger charge is -2.34. The lowest BCUT2D eigenvalue weighted by Crippen LogP contribution is -2.50. The first kappa shape index (κ1) is 23.3. The number of piperazine rings is 1. The van der Waals surface area contributed by atoms with Crippen LogP contribution in [-0.2, 0) is 10.0 Å². The van der Waals surface area contributed by atoms with Crippen molar-refractivity contribution in [1.29, 1.82) is 0 Å². The van der Waals surface area contributed by atoms with Gasteiger partial charge in [0.25, 0.3) is 11.6 Å². The van der Waals surface area contributed by atoms with E-state index in [0.29, 0.717) is 5.69 Å². The van der Waals surface area contributed by atoms with Gasteiger partial charge in [0.1, 0.15) is 0 Å². The molecule has 0 radical (unpaired) electrons. The standard InChI is InChI=1S/C19H20Cl2N4O5S/c1-22(2)18-6-3-13(25(27)28)11-15(18)19(26)23-7-9-24(10-8-23)31(29,30)14-4-5-16(20)17(21)12-14/h3-6,11-12H,7-10H2,1-2H3. The summed E-state index contributed by atoms with van der Waals surface area (Å²) in [4.78, 5) is 26.9. The maximum atomic E-state index is 13.1. The van der Waals surface area contributed by atoms with E-state index in [1.165, 1.54) is 45.6 Å². The summed E-state index contributed by atoms with van der Waals surface area (Å²) in [5.74, 6) is -0.390.